The molecule has 0 aliphatic heterocycles. The SMILES string of the molecule is [CH2]CCCCCCC/C=C/CC(F)(F)F. The topological polar surface area (TPSA) is 0 Å². The molecule has 0 atom stereocenters. The van der Waals surface area contributed by atoms with Crippen LogP contribution in [-0.2, 0) is 0 Å². The molecule has 89 valence electrons. The van der Waals surface area contributed by atoms with Gasteiger partial charge in [-0.2, -0.15) is 13.2 Å². The molecule has 0 nitrogen and oxygen atoms in total. The number of halogens is 3. The average molecular weight is 221 g/mol. The summed E-state index contributed by atoms with van der Waals surface area (Å²) in [6.07, 6.45) is 5.36. The number of alkyl halides is 3. The quantitative estimate of drug-likeness (QED) is 0.397. The highest BCUT2D eigenvalue weighted by molar-refractivity contribution is 4.83. The van der Waals surface area contributed by atoms with Crippen LogP contribution in [0.15, 0.2) is 12.2 Å². The average Bonchev–Trinajstić information content (AvgIpc) is 2.14. The summed E-state index contributed by atoms with van der Waals surface area (Å²) in [6, 6.07) is 0. The van der Waals surface area contributed by atoms with Crippen LogP contribution in [0.2, 0.25) is 0 Å². The van der Waals surface area contributed by atoms with Gasteiger partial charge in [-0.1, -0.05) is 51.2 Å². The minimum Gasteiger partial charge on any atom is -0.171 e. The van der Waals surface area contributed by atoms with E-state index in [2.05, 4.69) is 6.92 Å². The molecule has 0 bridgehead atoms. The molecule has 0 unspecified atom stereocenters. The molecular weight excluding hydrogens is 201 g/mol. The maximum atomic E-state index is 11.7. The van der Waals surface area contributed by atoms with Crippen molar-refractivity contribution in [1.82, 2.24) is 0 Å². The number of unbranched alkanes of at least 4 members (excludes halogenated alkanes) is 6. The van der Waals surface area contributed by atoms with E-state index >= 15 is 0 Å². The lowest BCUT2D eigenvalue weighted by atomic mass is 10.1. The van der Waals surface area contributed by atoms with E-state index in [9.17, 15) is 13.2 Å². The molecule has 1 radical (unpaired) electrons. The fourth-order valence-electron chi connectivity index (χ4n) is 1.30. The Morgan fingerprint density at radius 2 is 1.47 bits per heavy atom. The van der Waals surface area contributed by atoms with Crippen molar-refractivity contribution in [2.75, 3.05) is 0 Å². The molecule has 0 saturated carbocycles. The second-order valence-electron chi connectivity index (χ2n) is 3.70. The summed E-state index contributed by atoms with van der Waals surface area (Å²) < 4.78 is 35.1. The highest BCUT2D eigenvalue weighted by Crippen LogP contribution is 2.19. The Balaban J connectivity index is 3.17. The molecule has 0 heterocycles. The zero-order chi connectivity index (χ0) is 11.6. The van der Waals surface area contributed by atoms with E-state index in [0.717, 1.165) is 32.1 Å². The number of hydrogen-bond donors (Lipinski definition) is 0. The van der Waals surface area contributed by atoms with Gasteiger partial charge in [-0.3, -0.25) is 0 Å². The third-order valence-electron chi connectivity index (χ3n) is 2.14. The molecule has 0 saturated heterocycles. The number of allylic oxidation sites excluding steroid dienone is 2. The largest absolute Gasteiger partial charge is 0.392 e. The van der Waals surface area contributed by atoms with Crippen LogP contribution in [0.5, 0.6) is 0 Å². The zero-order valence-electron chi connectivity index (χ0n) is 9.15. The predicted octanol–water partition coefficient (Wildman–Crippen LogP) is 5.06. The van der Waals surface area contributed by atoms with E-state index in [1.165, 1.54) is 18.9 Å². The molecular formula is C12H20F3. The number of hydrogen-bond acceptors (Lipinski definition) is 0. The van der Waals surface area contributed by atoms with Crippen LogP contribution in [0, 0.1) is 6.92 Å². The summed E-state index contributed by atoms with van der Waals surface area (Å²) in [5, 5.41) is 0. The van der Waals surface area contributed by atoms with Gasteiger partial charge in [0.1, 0.15) is 0 Å². The van der Waals surface area contributed by atoms with E-state index in [1.54, 1.807) is 6.08 Å². The van der Waals surface area contributed by atoms with Crippen LogP contribution < -0.4 is 0 Å². The molecule has 0 aromatic carbocycles. The van der Waals surface area contributed by atoms with Gasteiger partial charge in [0.05, 0.1) is 6.42 Å². The van der Waals surface area contributed by atoms with Crippen LogP contribution >= 0.6 is 0 Å². The van der Waals surface area contributed by atoms with E-state index < -0.39 is 12.6 Å². The fourth-order valence-corrected chi connectivity index (χ4v) is 1.30. The maximum Gasteiger partial charge on any atom is 0.392 e. The Labute approximate surface area is 90.6 Å². The van der Waals surface area contributed by atoms with Crippen molar-refractivity contribution in [2.24, 2.45) is 0 Å². The Bertz CT molecular complexity index is 159. The fraction of sp³-hybridized carbons (Fsp3) is 0.750. The van der Waals surface area contributed by atoms with Crippen molar-refractivity contribution in [3.8, 4) is 0 Å². The summed E-state index contributed by atoms with van der Waals surface area (Å²) in [5.41, 5.74) is 0. The lowest BCUT2D eigenvalue weighted by Crippen LogP contribution is -2.03. The van der Waals surface area contributed by atoms with E-state index in [1.807, 2.05) is 0 Å². The van der Waals surface area contributed by atoms with Gasteiger partial charge in [-0.05, 0) is 12.8 Å². The highest BCUT2D eigenvalue weighted by atomic mass is 19.4. The third-order valence-corrected chi connectivity index (χ3v) is 2.14. The molecule has 15 heavy (non-hydrogen) atoms. The third kappa shape index (κ3) is 13.5. The van der Waals surface area contributed by atoms with Gasteiger partial charge in [-0.15, -0.1) is 0 Å². The standard InChI is InChI=1S/C12H20F3/c1-2-3-4-5-6-7-8-9-10-11-12(13,14)15/h9-10H,1-8,11H2/b10-9+. The van der Waals surface area contributed by atoms with Crippen molar-refractivity contribution in [1.29, 1.82) is 0 Å². The summed E-state index contributed by atoms with van der Waals surface area (Å²) in [5.74, 6) is 0. The van der Waals surface area contributed by atoms with Gasteiger partial charge in [0.2, 0.25) is 0 Å². The van der Waals surface area contributed by atoms with E-state index in [0.29, 0.717) is 0 Å². The summed E-state index contributed by atoms with van der Waals surface area (Å²) in [6.45, 7) is 3.75. The normalized spacial score (nSPS) is 12.5. The second-order valence-corrected chi connectivity index (χ2v) is 3.70. The van der Waals surface area contributed by atoms with Gasteiger partial charge in [0, 0.05) is 0 Å². The van der Waals surface area contributed by atoms with E-state index in [4.69, 9.17) is 0 Å². The number of rotatable bonds is 8. The molecule has 0 aromatic heterocycles. The van der Waals surface area contributed by atoms with Crippen molar-refractivity contribution in [3.05, 3.63) is 19.1 Å². The minimum atomic E-state index is -4.05. The molecule has 0 aromatic rings. The van der Waals surface area contributed by atoms with Crippen LogP contribution in [0.3, 0.4) is 0 Å². The highest BCUT2D eigenvalue weighted by Gasteiger charge is 2.24. The molecule has 0 aliphatic carbocycles. The molecule has 0 rings (SSSR count). The van der Waals surface area contributed by atoms with Crippen molar-refractivity contribution in [2.45, 2.75) is 57.5 Å². The van der Waals surface area contributed by atoms with Gasteiger partial charge < -0.3 is 0 Å². The monoisotopic (exact) mass is 221 g/mol. The first-order valence-corrected chi connectivity index (χ1v) is 5.57. The molecule has 0 N–H and O–H groups in total. The van der Waals surface area contributed by atoms with Crippen LogP contribution in [0.4, 0.5) is 13.2 Å². The van der Waals surface area contributed by atoms with Crippen LogP contribution in [0.1, 0.15) is 51.4 Å². The Morgan fingerprint density at radius 3 is 2.07 bits per heavy atom. The zero-order valence-corrected chi connectivity index (χ0v) is 9.15. The lowest BCUT2D eigenvalue weighted by Gasteiger charge is -2.00. The molecule has 3 heteroatoms. The first-order valence-electron chi connectivity index (χ1n) is 5.57. The second kappa shape index (κ2) is 8.81. The Morgan fingerprint density at radius 1 is 0.867 bits per heavy atom. The van der Waals surface area contributed by atoms with Gasteiger partial charge in [-0.25, -0.2) is 0 Å². The van der Waals surface area contributed by atoms with Gasteiger partial charge in [0.25, 0.3) is 0 Å². The first kappa shape index (κ1) is 14.5. The summed E-state index contributed by atoms with van der Waals surface area (Å²) in [7, 11) is 0. The van der Waals surface area contributed by atoms with E-state index in [-0.39, 0.29) is 0 Å². The minimum absolute atomic E-state index is 0.764. The Hall–Kier alpha value is -0.470. The Kier molecular flexibility index (Phi) is 8.53. The molecule has 0 amide bonds. The molecule has 0 spiro atoms. The van der Waals surface area contributed by atoms with Crippen LogP contribution in [-0.4, -0.2) is 6.18 Å². The predicted molar refractivity (Wildman–Crippen MR) is 57.5 cm³/mol. The molecule has 0 fully saturated rings. The lowest BCUT2D eigenvalue weighted by molar-refractivity contribution is -0.125. The van der Waals surface area contributed by atoms with Gasteiger partial charge >= 0.3 is 6.18 Å². The van der Waals surface area contributed by atoms with Crippen molar-refractivity contribution < 1.29 is 13.2 Å². The maximum absolute atomic E-state index is 11.7. The van der Waals surface area contributed by atoms with Gasteiger partial charge in [0.15, 0.2) is 0 Å². The summed E-state index contributed by atoms with van der Waals surface area (Å²) >= 11 is 0. The first-order chi connectivity index (χ1) is 7.06. The smallest absolute Gasteiger partial charge is 0.171 e. The van der Waals surface area contributed by atoms with Crippen molar-refractivity contribution in [3.63, 3.8) is 0 Å². The molecule has 0 aliphatic rings. The van der Waals surface area contributed by atoms with Crippen LogP contribution in [0.25, 0.3) is 0 Å². The van der Waals surface area contributed by atoms with Crippen molar-refractivity contribution >= 4 is 0 Å². The summed E-state index contributed by atoms with van der Waals surface area (Å²) in [4.78, 5) is 0.